The largest absolute Gasteiger partial charge is 0.490 e. The Bertz CT molecular complexity index is 677. The van der Waals surface area contributed by atoms with Gasteiger partial charge < -0.3 is 15.2 Å². The molecule has 0 saturated heterocycles. The fourth-order valence-corrected chi connectivity index (χ4v) is 2.25. The summed E-state index contributed by atoms with van der Waals surface area (Å²) in [6.07, 6.45) is 2.43. The van der Waals surface area contributed by atoms with Gasteiger partial charge in [0, 0.05) is 6.20 Å². The zero-order chi connectivity index (χ0) is 16.3. The molecule has 0 aliphatic rings. The molecule has 6 nitrogen and oxygen atoms in total. The first-order valence-corrected chi connectivity index (χ1v) is 7.49. The fourth-order valence-electron chi connectivity index (χ4n) is 2.25. The molecule has 0 bridgehead atoms. The molecule has 1 amide bonds. The third-order valence-corrected chi connectivity index (χ3v) is 3.38. The lowest BCUT2D eigenvalue weighted by molar-refractivity contribution is 0.0862. The zero-order valence-corrected chi connectivity index (χ0v) is 13.5. The number of imidazole rings is 1. The van der Waals surface area contributed by atoms with Gasteiger partial charge in [0.25, 0.3) is 5.91 Å². The summed E-state index contributed by atoms with van der Waals surface area (Å²) < 4.78 is 7.32. The Morgan fingerprint density at radius 2 is 2.18 bits per heavy atom. The van der Waals surface area contributed by atoms with Gasteiger partial charge in [0.2, 0.25) is 0 Å². The van der Waals surface area contributed by atoms with Crippen molar-refractivity contribution >= 4 is 11.6 Å². The van der Waals surface area contributed by atoms with E-state index < -0.39 is 5.54 Å². The van der Waals surface area contributed by atoms with Gasteiger partial charge >= 0.3 is 0 Å². The van der Waals surface area contributed by atoms with Crippen LogP contribution in [0.1, 0.15) is 43.9 Å². The smallest absolute Gasteiger partial charge is 0.270 e. The minimum atomic E-state index is -0.691. The molecular formula is C16H23N3O3. The highest BCUT2D eigenvalue weighted by molar-refractivity contribution is 5.95. The van der Waals surface area contributed by atoms with Crippen molar-refractivity contribution in [2.75, 3.05) is 13.2 Å². The van der Waals surface area contributed by atoms with Crippen LogP contribution in [-0.4, -0.2) is 39.2 Å². The van der Waals surface area contributed by atoms with Crippen molar-refractivity contribution < 1.29 is 14.6 Å². The van der Waals surface area contributed by atoms with Gasteiger partial charge in [-0.05, 0) is 39.3 Å². The number of aliphatic hydroxyl groups excluding tert-OH is 1. The van der Waals surface area contributed by atoms with Crippen LogP contribution in [0.5, 0.6) is 5.75 Å². The molecule has 0 aliphatic carbocycles. The van der Waals surface area contributed by atoms with E-state index in [4.69, 9.17) is 4.74 Å². The van der Waals surface area contributed by atoms with Gasteiger partial charge in [0.15, 0.2) is 11.4 Å². The van der Waals surface area contributed by atoms with Crippen LogP contribution >= 0.6 is 0 Å². The molecule has 2 N–H and O–H groups in total. The molecule has 0 spiro atoms. The van der Waals surface area contributed by atoms with Gasteiger partial charge in [-0.1, -0.05) is 6.92 Å². The molecular weight excluding hydrogens is 282 g/mol. The number of rotatable bonds is 6. The van der Waals surface area contributed by atoms with Gasteiger partial charge in [-0.3, -0.25) is 9.20 Å². The zero-order valence-electron chi connectivity index (χ0n) is 13.5. The number of carbonyl (C=O) groups excluding carboxylic acids is 1. The molecule has 0 radical (unpaired) electrons. The van der Waals surface area contributed by atoms with E-state index >= 15 is 0 Å². The van der Waals surface area contributed by atoms with Crippen LogP contribution in [0.3, 0.4) is 0 Å². The number of fused-ring (bicyclic) bond motifs is 1. The average Bonchev–Trinajstić information content (AvgIpc) is 2.87. The lowest BCUT2D eigenvalue weighted by Crippen LogP contribution is -2.46. The molecule has 6 heteroatoms. The first-order chi connectivity index (χ1) is 10.4. The Morgan fingerprint density at radius 1 is 1.45 bits per heavy atom. The number of aryl methyl sites for hydroxylation is 1. The highest BCUT2D eigenvalue weighted by atomic mass is 16.5. The summed E-state index contributed by atoms with van der Waals surface area (Å²) in [7, 11) is 0. The molecule has 0 saturated carbocycles. The molecule has 120 valence electrons. The van der Waals surface area contributed by atoms with Crippen molar-refractivity contribution in [2.45, 2.75) is 39.7 Å². The maximum Gasteiger partial charge on any atom is 0.270 e. The average molecular weight is 305 g/mol. The number of aromatic nitrogens is 2. The van der Waals surface area contributed by atoms with Crippen LogP contribution in [0, 0.1) is 0 Å². The Labute approximate surface area is 130 Å². The van der Waals surface area contributed by atoms with E-state index in [1.807, 2.05) is 26.0 Å². The number of hydrogen-bond acceptors (Lipinski definition) is 4. The second kappa shape index (κ2) is 6.36. The van der Waals surface area contributed by atoms with Crippen molar-refractivity contribution in [3.05, 3.63) is 29.7 Å². The molecule has 0 unspecified atom stereocenters. The maximum absolute atomic E-state index is 12.6. The topological polar surface area (TPSA) is 75.9 Å². The molecule has 0 atom stereocenters. The van der Waals surface area contributed by atoms with Crippen LogP contribution in [0.2, 0.25) is 0 Å². The molecule has 0 fully saturated rings. The minimum absolute atomic E-state index is 0.138. The normalized spacial score (nSPS) is 11.7. The number of aliphatic hydroxyl groups is 1. The van der Waals surface area contributed by atoms with Crippen LogP contribution < -0.4 is 10.1 Å². The van der Waals surface area contributed by atoms with Gasteiger partial charge in [-0.15, -0.1) is 0 Å². The van der Waals surface area contributed by atoms with E-state index in [0.29, 0.717) is 35.8 Å². The molecule has 2 rings (SSSR count). The minimum Gasteiger partial charge on any atom is -0.490 e. The van der Waals surface area contributed by atoms with Crippen LogP contribution in [0.15, 0.2) is 18.3 Å². The van der Waals surface area contributed by atoms with Crippen LogP contribution in [0.4, 0.5) is 0 Å². The van der Waals surface area contributed by atoms with E-state index in [1.54, 1.807) is 24.4 Å². The molecule has 2 heterocycles. The number of pyridine rings is 1. The number of nitrogens with zero attached hydrogens (tertiary/aromatic N) is 2. The summed E-state index contributed by atoms with van der Waals surface area (Å²) >= 11 is 0. The summed E-state index contributed by atoms with van der Waals surface area (Å²) in [6.45, 7) is 7.80. The standard InChI is InChI=1S/C16H23N3O3/c1-5-11-13(15(21)18-16(3,4)10-20)19-9-7-8-12(22-6-2)14(19)17-11/h7-9,20H,5-6,10H2,1-4H3,(H,18,21). The summed E-state index contributed by atoms with van der Waals surface area (Å²) in [6, 6.07) is 3.66. The van der Waals surface area contributed by atoms with Crippen molar-refractivity contribution in [3.63, 3.8) is 0 Å². The molecule has 2 aromatic rings. The first-order valence-electron chi connectivity index (χ1n) is 7.49. The predicted molar refractivity (Wildman–Crippen MR) is 84.4 cm³/mol. The van der Waals surface area contributed by atoms with Crippen molar-refractivity contribution in [2.24, 2.45) is 0 Å². The van der Waals surface area contributed by atoms with Gasteiger partial charge in [0.1, 0.15) is 5.69 Å². The summed E-state index contributed by atoms with van der Waals surface area (Å²) in [5.74, 6) is 0.400. The Hall–Kier alpha value is -2.08. The van der Waals surface area contributed by atoms with E-state index in [9.17, 15) is 9.90 Å². The van der Waals surface area contributed by atoms with E-state index in [2.05, 4.69) is 10.3 Å². The molecule has 2 aromatic heterocycles. The molecule has 22 heavy (non-hydrogen) atoms. The van der Waals surface area contributed by atoms with Gasteiger partial charge in [-0.25, -0.2) is 4.98 Å². The van der Waals surface area contributed by atoms with Gasteiger partial charge in [0.05, 0.1) is 24.4 Å². The maximum atomic E-state index is 12.6. The van der Waals surface area contributed by atoms with Crippen LogP contribution in [0.25, 0.3) is 5.65 Å². The third kappa shape index (κ3) is 3.06. The predicted octanol–water partition coefficient (Wildman–Crippen LogP) is 1.80. The highest BCUT2D eigenvalue weighted by Gasteiger charge is 2.25. The van der Waals surface area contributed by atoms with E-state index in [-0.39, 0.29) is 12.5 Å². The SMILES string of the molecule is CCOc1cccn2c(C(=O)NC(C)(C)CO)c(CC)nc12. The number of carbonyl (C=O) groups is 1. The lowest BCUT2D eigenvalue weighted by Gasteiger charge is -2.23. The first kappa shape index (κ1) is 16.3. The number of hydrogen-bond donors (Lipinski definition) is 2. The summed E-state index contributed by atoms with van der Waals surface area (Å²) in [5.41, 5.74) is 1.14. The van der Waals surface area contributed by atoms with Crippen molar-refractivity contribution in [1.29, 1.82) is 0 Å². The van der Waals surface area contributed by atoms with E-state index in [0.717, 1.165) is 0 Å². The quantitative estimate of drug-likeness (QED) is 0.853. The van der Waals surface area contributed by atoms with Crippen molar-refractivity contribution in [3.8, 4) is 5.75 Å². The second-order valence-corrected chi connectivity index (χ2v) is 5.76. The van der Waals surface area contributed by atoms with Crippen LogP contribution in [-0.2, 0) is 6.42 Å². The number of amides is 1. The Kier molecular flexibility index (Phi) is 4.71. The van der Waals surface area contributed by atoms with Gasteiger partial charge in [-0.2, -0.15) is 0 Å². The number of ether oxygens (including phenoxy) is 1. The number of nitrogens with one attached hydrogen (secondary N) is 1. The highest BCUT2D eigenvalue weighted by Crippen LogP contribution is 2.23. The molecule has 0 aliphatic heterocycles. The van der Waals surface area contributed by atoms with E-state index in [1.165, 1.54) is 0 Å². The summed E-state index contributed by atoms with van der Waals surface area (Å²) in [4.78, 5) is 17.2. The third-order valence-electron chi connectivity index (χ3n) is 3.38. The van der Waals surface area contributed by atoms with Crippen molar-refractivity contribution in [1.82, 2.24) is 14.7 Å². The monoisotopic (exact) mass is 305 g/mol. The lowest BCUT2D eigenvalue weighted by atomic mass is 10.1. The Balaban J connectivity index is 2.53. The fraction of sp³-hybridized carbons (Fsp3) is 0.500. The second-order valence-electron chi connectivity index (χ2n) is 5.76. The molecule has 0 aromatic carbocycles. The Morgan fingerprint density at radius 3 is 2.77 bits per heavy atom. The summed E-state index contributed by atoms with van der Waals surface area (Å²) in [5, 5.41) is 12.2.